The molecule has 1 heterocycles. The molecule has 0 unspecified atom stereocenters. The summed E-state index contributed by atoms with van der Waals surface area (Å²) >= 11 is 0. The molecule has 1 aromatic carbocycles. The number of aromatic nitrogens is 1. The summed E-state index contributed by atoms with van der Waals surface area (Å²) < 4.78 is 6.06. The minimum absolute atomic E-state index is 0.0949. The molecular weight excluding hydrogens is 388 g/mol. The number of ketones is 1. The Morgan fingerprint density at radius 2 is 1.87 bits per heavy atom. The Bertz CT molecular complexity index is 809. The van der Waals surface area contributed by atoms with Gasteiger partial charge in [-0.2, -0.15) is 0 Å². The molecule has 3 rings (SSSR count). The number of carbonyl (C=O) groups is 2. The average Bonchev–Trinajstić information content (AvgIpc) is 3.29. The van der Waals surface area contributed by atoms with Gasteiger partial charge in [0.15, 0.2) is 5.76 Å². The number of hydrogen-bond donors (Lipinski definition) is 1. The zero-order valence-corrected chi connectivity index (χ0v) is 18.8. The van der Waals surface area contributed by atoms with Crippen LogP contribution in [0, 0.1) is 5.92 Å². The van der Waals surface area contributed by atoms with Gasteiger partial charge in [-0.25, -0.2) is 4.98 Å². The first-order valence-electron chi connectivity index (χ1n) is 12.0. The molecule has 1 fully saturated rings. The van der Waals surface area contributed by atoms with Crippen molar-refractivity contribution in [2.75, 3.05) is 0 Å². The van der Waals surface area contributed by atoms with Crippen LogP contribution < -0.4 is 5.32 Å². The zero-order chi connectivity index (χ0) is 21.9. The minimum atomic E-state index is -0.226. The Morgan fingerprint density at radius 1 is 1.10 bits per heavy atom. The molecule has 1 aliphatic carbocycles. The molecule has 0 bridgehead atoms. The minimum Gasteiger partial charge on any atom is -0.438 e. The predicted octanol–water partition coefficient (Wildman–Crippen LogP) is 6.40. The molecule has 0 spiro atoms. The molecule has 1 amide bonds. The summed E-state index contributed by atoms with van der Waals surface area (Å²) in [6, 6.07) is 9.67. The molecule has 1 aromatic heterocycles. The lowest BCUT2D eigenvalue weighted by atomic mass is 9.87. The fraction of sp³-hybridized carbons (Fsp3) is 0.577. The quantitative estimate of drug-likeness (QED) is 0.400. The van der Waals surface area contributed by atoms with Crippen LogP contribution in [0.1, 0.15) is 95.9 Å². The van der Waals surface area contributed by atoms with Crippen LogP contribution in [0.4, 0.5) is 0 Å². The van der Waals surface area contributed by atoms with Crippen molar-refractivity contribution >= 4 is 11.7 Å². The van der Waals surface area contributed by atoms with Crippen LogP contribution in [0.2, 0.25) is 0 Å². The third-order valence-corrected chi connectivity index (χ3v) is 6.26. The first-order chi connectivity index (χ1) is 15.2. The van der Waals surface area contributed by atoms with E-state index in [0.717, 1.165) is 49.8 Å². The van der Waals surface area contributed by atoms with Crippen LogP contribution in [-0.2, 0) is 9.59 Å². The zero-order valence-electron chi connectivity index (χ0n) is 18.8. The fourth-order valence-corrected chi connectivity index (χ4v) is 4.37. The third kappa shape index (κ3) is 7.64. The van der Waals surface area contributed by atoms with Gasteiger partial charge in [-0.1, -0.05) is 69.4 Å². The molecule has 1 saturated carbocycles. The van der Waals surface area contributed by atoms with E-state index in [2.05, 4.69) is 10.3 Å². The van der Waals surface area contributed by atoms with Gasteiger partial charge in [-0.05, 0) is 31.6 Å². The van der Waals surface area contributed by atoms with E-state index >= 15 is 0 Å². The maximum absolute atomic E-state index is 12.8. The highest BCUT2D eigenvalue weighted by atomic mass is 16.4. The summed E-state index contributed by atoms with van der Waals surface area (Å²) in [4.78, 5) is 28.8. The number of rotatable bonds is 12. The lowest BCUT2D eigenvalue weighted by Crippen LogP contribution is -2.30. The Kier molecular flexibility index (Phi) is 9.32. The largest absolute Gasteiger partial charge is 0.438 e. The molecule has 1 aliphatic rings. The van der Waals surface area contributed by atoms with Crippen LogP contribution in [0.25, 0.3) is 11.3 Å². The third-order valence-electron chi connectivity index (χ3n) is 6.26. The van der Waals surface area contributed by atoms with Crippen molar-refractivity contribution < 1.29 is 14.0 Å². The molecule has 31 heavy (non-hydrogen) atoms. The van der Waals surface area contributed by atoms with E-state index in [9.17, 15) is 9.59 Å². The molecule has 1 N–H and O–H groups in total. The molecular formula is C26H36N2O3. The van der Waals surface area contributed by atoms with E-state index in [1.165, 1.54) is 19.3 Å². The van der Waals surface area contributed by atoms with Gasteiger partial charge in [-0.3, -0.25) is 9.59 Å². The number of nitrogens with zero attached hydrogens (tertiary/aromatic N) is 1. The predicted molar refractivity (Wildman–Crippen MR) is 122 cm³/mol. The molecule has 1 atom stereocenters. The first kappa shape index (κ1) is 23.2. The SMILES string of the molecule is CCC(=O)CCCCC[C@H](NC(=O)CC1CCCCC1)c1ncc(-c2ccccc2)o1. The second kappa shape index (κ2) is 12.4. The van der Waals surface area contributed by atoms with Crippen molar-refractivity contribution in [2.45, 2.75) is 90.0 Å². The summed E-state index contributed by atoms with van der Waals surface area (Å²) in [5.41, 5.74) is 0.978. The number of unbranched alkanes of at least 4 members (excludes halogenated alkanes) is 2. The van der Waals surface area contributed by atoms with Crippen LogP contribution in [0.3, 0.4) is 0 Å². The molecule has 0 radical (unpaired) electrons. The topological polar surface area (TPSA) is 72.2 Å². The Labute approximate surface area is 186 Å². The van der Waals surface area contributed by atoms with Gasteiger partial charge in [0.05, 0.1) is 6.20 Å². The second-order valence-corrected chi connectivity index (χ2v) is 8.75. The van der Waals surface area contributed by atoms with Gasteiger partial charge in [0.2, 0.25) is 11.8 Å². The van der Waals surface area contributed by atoms with Gasteiger partial charge in [0, 0.05) is 24.8 Å². The van der Waals surface area contributed by atoms with Crippen molar-refractivity contribution in [3.05, 3.63) is 42.4 Å². The van der Waals surface area contributed by atoms with E-state index < -0.39 is 0 Å². The molecule has 0 aliphatic heterocycles. The Hall–Kier alpha value is -2.43. The number of hydrogen-bond acceptors (Lipinski definition) is 4. The normalized spacial score (nSPS) is 15.5. The van der Waals surface area contributed by atoms with Crippen molar-refractivity contribution in [3.63, 3.8) is 0 Å². The molecule has 168 valence electrons. The standard InChI is InChI=1S/C26H36N2O3/c1-2-22(29)16-10-5-11-17-23(28-25(30)18-20-12-6-3-7-13-20)26-27-19-24(31-26)21-14-8-4-9-15-21/h4,8-9,14-15,19-20,23H,2-3,5-7,10-13,16-18H2,1H3,(H,28,30)/t23-/m0/s1. The number of benzene rings is 1. The summed E-state index contributed by atoms with van der Waals surface area (Å²) in [5, 5.41) is 3.19. The smallest absolute Gasteiger partial charge is 0.220 e. The summed E-state index contributed by atoms with van der Waals surface area (Å²) in [6.45, 7) is 1.91. The number of Topliss-reactive ketones (excluding diaryl/α,β-unsaturated/α-hetero) is 1. The number of nitrogens with one attached hydrogen (secondary N) is 1. The lowest BCUT2D eigenvalue weighted by Gasteiger charge is -2.22. The average molecular weight is 425 g/mol. The van der Waals surface area contributed by atoms with Gasteiger partial charge in [0.25, 0.3) is 0 Å². The Balaban J connectivity index is 1.60. The van der Waals surface area contributed by atoms with Crippen LogP contribution >= 0.6 is 0 Å². The number of oxazole rings is 1. The molecule has 5 heteroatoms. The van der Waals surface area contributed by atoms with Crippen LogP contribution in [-0.4, -0.2) is 16.7 Å². The van der Waals surface area contributed by atoms with Crippen molar-refractivity contribution in [1.82, 2.24) is 10.3 Å². The molecule has 0 saturated heterocycles. The van der Waals surface area contributed by atoms with Gasteiger partial charge >= 0.3 is 0 Å². The summed E-state index contributed by atoms with van der Waals surface area (Å²) in [7, 11) is 0. The fourth-order valence-electron chi connectivity index (χ4n) is 4.37. The molecule has 2 aromatic rings. The summed E-state index contributed by atoms with van der Waals surface area (Å²) in [5.74, 6) is 2.20. The lowest BCUT2D eigenvalue weighted by molar-refractivity contribution is -0.123. The van der Waals surface area contributed by atoms with E-state index in [0.29, 0.717) is 36.9 Å². The van der Waals surface area contributed by atoms with Gasteiger partial charge in [-0.15, -0.1) is 0 Å². The second-order valence-electron chi connectivity index (χ2n) is 8.75. The highest BCUT2D eigenvalue weighted by molar-refractivity contribution is 5.78. The maximum atomic E-state index is 12.8. The van der Waals surface area contributed by atoms with Gasteiger partial charge < -0.3 is 9.73 Å². The van der Waals surface area contributed by atoms with Crippen molar-refractivity contribution in [1.29, 1.82) is 0 Å². The number of carbonyl (C=O) groups excluding carboxylic acids is 2. The monoisotopic (exact) mass is 424 g/mol. The highest BCUT2D eigenvalue weighted by Crippen LogP contribution is 2.28. The molecule has 5 nitrogen and oxygen atoms in total. The summed E-state index contributed by atoms with van der Waals surface area (Å²) in [6.07, 6.45) is 13.2. The number of amides is 1. The van der Waals surface area contributed by atoms with Crippen molar-refractivity contribution in [2.24, 2.45) is 5.92 Å². The Morgan fingerprint density at radius 3 is 2.61 bits per heavy atom. The maximum Gasteiger partial charge on any atom is 0.220 e. The van der Waals surface area contributed by atoms with E-state index in [-0.39, 0.29) is 11.9 Å². The van der Waals surface area contributed by atoms with E-state index in [1.54, 1.807) is 6.20 Å². The van der Waals surface area contributed by atoms with Gasteiger partial charge in [0.1, 0.15) is 11.8 Å². The van der Waals surface area contributed by atoms with E-state index in [1.807, 2.05) is 37.3 Å². The van der Waals surface area contributed by atoms with Crippen LogP contribution in [0.5, 0.6) is 0 Å². The highest BCUT2D eigenvalue weighted by Gasteiger charge is 2.23. The van der Waals surface area contributed by atoms with Crippen LogP contribution in [0.15, 0.2) is 40.9 Å². The van der Waals surface area contributed by atoms with E-state index in [4.69, 9.17) is 4.42 Å². The first-order valence-corrected chi connectivity index (χ1v) is 12.0. The van der Waals surface area contributed by atoms with Crippen molar-refractivity contribution in [3.8, 4) is 11.3 Å².